The van der Waals surface area contributed by atoms with E-state index in [4.69, 9.17) is 21.1 Å². The van der Waals surface area contributed by atoms with Crippen molar-refractivity contribution in [3.05, 3.63) is 28.8 Å². The summed E-state index contributed by atoms with van der Waals surface area (Å²) in [7, 11) is -3.94. The molecule has 2 aliphatic rings. The number of halogens is 1. The number of hydrogen-bond acceptors (Lipinski definition) is 6. The molecule has 0 aromatic heterocycles. The molecule has 0 aliphatic carbocycles. The van der Waals surface area contributed by atoms with Crippen LogP contribution < -0.4 is 4.72 Å². The minimum Gasteiger partial charge on any atom is -0.452 e. The number of likely N-dealkylation sites (tertiary alicyclic amines) is 1. The zero-order chi connectivity index (χ0) is 22.4. The molecule has 1 amide bonds. The lowest BCUT2D eigenvalue weighted by Gasteiger charge is -2.35. The highest BCUT2D eigenvalue weighted by molar-refractivity contribution is 7.89. The van der Waals surface area contributed by atoms with Crippen LogP contribution in [0.15, 0.2) is 23.1 Å². The van der Waals surface area contributed by atoms with Crippen molar-refractivity contribution in [2.24, 2.45) is 0 Å². The second-order valence-corrected chi connectivity index (χ2v) is 10.00. The number of ether oxygens (including phenoxy) is 2. The Morgan fingerprint density at radius 1 is 1.26 bits per heavy atom. The fraction of sp³-hybridized carbons (Fsp3) is 0.619. The average Bonchev–Trinajstić information content (AvgIpc) is 3.30. The Balaban J connectivity index is 1.63. The van der Waals surface area contributed by atoms with Gasteiger partial charge in [-0.1, -0.05) is 18.5 Å². The Bertz CT molecular complexity index is 901. The second kappa shape index (κ2) is 10.8. The smallest absolute Gasteiger partial charge is 0.338 e. The number of rotatable bonds is 8. The number of esters is 1. The number of nitrogens with zero attached hydrogens (tertiary/aromatic N) is 1. The molecular formula is C21H29ClN2O6S. The molecule has 31 heavy (non-hydrogen) atoms. The van der Waals surface area contributed by atoms with Crippen molar-refractivity contribution in [2.45, 2.75) is 62.5 Å². The predicted octanol–water partition coefficient (Wildman–Crippen LogP) is 2.75. The number of nitrogens with one attached hydrogen (secondary N) is 1. The standard InChI is InChI=1S/C21H29ClN2O6S/c1-2-16-6-3-4-10-24(16)20(25)14-30-21(26)15-8-9-18(22)19(12-15)31(27,28)23-13-17-7-5-11-29-17/h8-9,12,16-17,23H,2-7,10-11,13-14H2,1H3. The molecule has 0 bridgehead atoms. The van der Waals surface area contributed by atoms with E-state index in [2.05, 4.69) is 4.72 Å². The minimum absolute atomic E-state index is 0.00780. The van der Waals surface area contributed by atoms with Gasteiger partial charge < -0.3 is 14.4 Å². The van der Waals surface area contributed by atoms with Crippen molar-refractivity contribution >= 4 is 33.5 Å². The lowest BCUT2D eigenvalue weighted by atomic mass is 10.00. The molecule has 2 aliphatic heterocycles. The Labute approximate surface area is 188 Å². The van der Waals surface area contributed by atoms with Gasteiger partial charge in [-0.25, -0.2) is 17.9 Å². The molecule has 0 radical (unpaired) electrons. The Kier molecular flexibility index (Phi) is 8.32. The number of benzene rings is 1. The average molecular weight is 473 g/mol. The van der Waals surface area contributed by atoms with Crippen LogP contribution in [0.1, 0.15) is 55.8 Å². The maximum Gasteiger partial charge on any atom is 0.338 e. The van der Waals surface area contributed by atoms with Crippen molar-refractivity contribution in [2.75, 3.05) is 26.3 Å². The largest absolute Gasteiger partial charge is 0.452 e. The number of hydrogen-bond donors (Lipinski definition) is 1. The Hall–Kier alpha value is -1.68. The van der Waals surface area contributed by atoms with Gasteiger partial charge in [-0.05, 0) is 56.7 Å². The number of carbonyl (C=O) groups is 2. The monoisotopic (exact) mass is 472 g/mol. The van der Waals surface area contributed by atoms with Crippen LogP contribution in [0, 0.1) is 0 Å². The molecule has 1 N–H and O–H groups in total. The summed E-state index contributed by atoms with van der Waals surface area (Å²) >= 11 is 6.08. The summed E-state index contributed by atoms with van der Waals surface area (Å²) in [6, 6.07) is 4.05. The van der Waals surface area contributed by atoms with E-state index in [0.717, 1.165) is 38.5 Å². The lowest BCUT2D eigenvalue weighted by Crippen LogP contribution is -2.45. The van der Waals surface area contributed by atoms with Gasteiger partial charge >= 0.3 is 5.97 Å². The topological polar surface area (TPSA) is 102 Å². The molecule has 2 saturated heterocycles. The van der Waals surface area contributed by atoms with E-state index in [-0.39, 0.29) is 46.7 Å². The molecule has 0 saturated carbocycles. The van der Waals surface area contributed by atoms with E-state index in [1.165, 1.54) is 18.2 Å². The molecule has 2 fully saturated rings. The highest BCUT2D eigenvalue weighted by Gasteiger charge is 2.27. The van der Waals surface area contributed by atoms with Crippen LogP contribution >= 0.6 is 11.6 Å². The van der Waals surface area contributed by atoms with Crippen molar-refractivity contribution in [1.29, 1.82) is 0 Å². The first kappa shape index (κ1) is 24.0. The van der Waals surface area contributed by atoms with Gasteiger partial charge in [-0.3, -0.25) is 4.79 Å². The van der Waals surface area contributed by atoms with Crippen LogP contribution in [-0.4, -0.2) is 63.6 Å². The SMILES string of the molecule is CCC1CCCCN1C(=O)COC(=O)c1ccc(Cl)c(S(=O)(=O)NCC2CCCO2)c1. The molecule has 2 heterocycles. The molecule has 3 rings (SSSR count). The molecular weight excluding hydrogens is 444 g/mol. The van der Waals surface area contributed by atoms with Crippen LogP contribution in [0.4, 0.5) is 0 Å². The zero-order valence-corrected chi connectivity index (χ0v) is 19.2. The maximum absolute atomic E-state index is 12.7. The summed E-state index contributed by atoms with van der Waals surface area (Å²) in [5, 5.41) is -0.00780. The van der Waals surface area contributed by atoms with Gasteiger partial charge in [-0.15, -0.1) is 0 Å². The van der Waals surface area contributed by atoms with E-state index in [0.29, 0.717) is 13.2 Å². The first-order chi connectivity index (χ1) is 14.8. The number of carbonyl (C=O) groups excluding carboxylic acids is 2. The van der Waals surface area contributed by atoms with E-state index in [1.54, 1.807) is 4.90 Å². The summed E-state index contributed by atoms with van der Waals surface area (Å²) in [5.41, 5.74) is 0.0142. The summed E-state index contributed by atoms with van der Waals surface area (Å²) in [4.78, 5) is 26.5. The summed E-state index contributed by atoms with van der Waals surface area (Å²) in [5.74, 6) is -1.01. The van der Waals surface area contributed by atoms with E-state index in [9.17, 15) is 18.0 Å². The first-order valence-electron chi connectivity index (χ1n) is 10.7. The molecule has 1 aromatic rings. The normalized spacial score (nSPS) is 21.8. The minimum atomic E-state index is -3.94. The van der Waals surface area contributed by atoms with E-state index < -0.39 is 16.0 Å². The predicted molar refractivity (Wildman–Crippen MR) is 116 cm³/mol. The van der Waals surface area contributed by atoms with Crippen molar-refractivity contribution in [3.8, 4) is 0 Å². The quantitative estimate of drug-likeness (QED) is 0.583. The maximum atomic E-state index is 12.7. The van der Waals surface area contributed by atoms with Crippen molar-refractivity contribution in [1.82, 2.24) is 9.62 Å². The molecule has 2 atom stereocenters. The fourth-order valence-corrected chi connectivity index (χ4v) is 5.56. The molecule has 8 nitrogen and oxygen atoms in total. The van der Waals surface area contributed by atoms with Gasteiger partial charge in [0.15, 0.2) is 6.61 Å². The number of sulfonamides is 1. The van der Waals surface area contributed by atoms with Gasteiger partial charge in [0.05, 0.1) is 16.7 Å². The van der Waals surface area contributed by atoms with Gasteiger partial charge in [0.25, 0.3) is 5.91 Å². The zero-order valence-electron chi connectivity index (χ0n) is 17.6. The van der Waals surface area contributed by atoms with Gasteiger partial charge in [0.1, 0.15) is 4.90 Å². The lowest BCUT2D eigenvalue weighted by molar-refractivity contribution is -0.138. The molecule has 172 valence electrons. The van der Waals surface area contributed by atoms with Crippen LogP contribution in [-0.2, 0) is 24.3 Å². The third kappa shape index (κ3) is 6.19. The molecule has 10 heteroatoms. The highest BCUT2D eigenvalue weighted by atomic mass is 35.5. The highest BCUT2D eigenvalue weighted by Crippen LogP contribution is 2.24. The fourth-order valence-electron chi connectivity index (χ4n) is 3.97. The first-order valence-corrected chi connectivity index (χ1v) is 12.6. The van der Waals surface area contributed by atoms with Gasteiger partial charge in [0.2, 0.25) is 10.0 Å². The van der Waals surface area contributed by atoms with Crippen LogP contribution in [0.2, 0.25) is 5.02 Å². The molecule has 0 spiro atoms. The second-order valence-electron chi connectivity index (χ2n) is 7.85. The molecule has 2 unspecified atom stereocenters. The summed E-state index contributed by atoms with van der Waals surface area (Å²) < 4.78 is 38.4. The van der Waals surface area contributed by atoms with Crippen LogP contribution in [0.5, 0.6) is 0 Å². The van der Waals surface area contributed by atoms with E-state index >= 15 is 0 Å². The van der Waals surface area contributed by atoms with Crippen molar-refractivity contribution in [3.63, 3.8) is 0 Å². The summed E-state index contributed by atoms with van der Waals surface area (Å²) in [6.45, 7) is 3.07. The third-order valence-corrected chi connectivity index (χ3v) is 7.63. The number of piperidine rings is 1. The number of amides is 1. The van der Waals surface area contributed by atoms with Crippen molar-refractivity contribution < 1.29 is 27.5 Å². The summed E-state index contributed by atoms with van der Waals surface area (Å²) in [6.07, 6.45) is 5.34. The molecule has 1 aromatic carbocycles. The van der Waals surface area contributed by atoms with E-state index in [1.807, 2.05) is 6.92 Å². The van der Waals surface area contributed by atoms with Gasteiger partial charge in [-0.2, -0.15) is 0 Å². The van der Waals surface area contributed by atoms with Crippen LogP contribution in [0.3, 0.4) is 0 Å². The van der Waals surface area contributed by atoms with Gasteiger partial charge in [0, 0.05) is 25.7 Å². The Morgan fingerprint density at radius 3 is 2.77 bits per heavy atom. The Morgan fingerprint density at radius 2 is 2.06 bits per heavy atom. The van der Waals surface area contributed by atoms with Crippen LogP contribution in [0.25, 0.3) is 0 Å². The third-order valence-electron chi connectivity index (χ3n) is 5.73.